The molecule has 0 aromatic heterocycles. The highest BCUT2D eigenvalue weighted by molar-refractivity contribution is 6.78. The van der Waals surface area contributed by atoms with E-state index in [9.17, 15) is 4.79 Å². The Balaban J connectivity index is 2.24. The molecule has 0 N–H and O–H groups in total. The Morgan fingerprint density at radius 3 is 2.17 bits per heavy atom. The van der Waals surface area contributed by atoms with Gasteiger partial charge in [0.2, 0.25) is 0 Å². The summed E-state index contributed by atoms with van der Waals surface area (Å²) in [6.45, 7) is 7.25. The maximum atomic E-state index is 11.5. The van der Waals surface area contributed by atoms with Gasteiger partial charge in [-0.05, 0) is 24.3 Å². The Kier molecular flexibility index (Phi) is 1.72. The molecular formula is C10H18OSi. The first-order valence-corrected chi connectivity index (χ1v) is 8.60. The first-order valence-electron chi connectivity index (χ1n) is 5.03. The average Bonchev–Trinajstić information content (AvgIpc) is 2.39. The fourth-order valence-corrected chi connectivity index (χ4v) is 6.65. The van der Waals surface area contributed by atoms with Gasteiger partial charge >= 0.3 is 0 Å². The smallest absolute Gasteiger partial charge is 0.136 e. The molecule has 2 rings (SSSR count). The summed E-state index contributed by atoms with van der Waals surface area (Å²) in [5.41, 5.74) is 0.824. The lowest BCUT2D eigenvalue weighted by Crippen LogP contribution is -2.31. The lowest BCUT2D eigenvalue weighted by molar-refractivity contribution is -0.121. The van der Waals surface area contributed by atoms with Gasteiger partial charge in [-0.2, -0.15) is 0 Å². The zero-order chi connectivity index (χ0) is 8.93. The van der Waals surface area contributed by atoms with Crippen molar-refractivity contribution in [1.82, 2.24) is 0 Å². The highest BCUT2D eigenvalue weighted by atomic mass is 28.3. The van der Waals surface area contributed by atoms with Crippen LogP contribution in [0, 0.1) is 11.8 Å². The van der Waals surface area contributed by atoms with Gasteiger partial charge in [-0.3, -0.25) is 4.79 Å². The Bertz CT molecular complexity index is 216. The van der Waals surface area contributed by atoms with Crippen molar-refractivity contribution in [3.63, 3.8) is 0 Å². The van der Waals surface area contributed by atoms with E-state index < -0.39 is 8.07 Å². The number of rotatable bonds is 1. The zero-order valence-electron chi connectivity index (χ0n) is 8.26. The number of hydrogen-bond donors (Lipinski definition) is 0. The maximum Gasteiger partial charge on any atom is 0.136 e. The van der Waals surface area contributed by atoms with Crippen LogP contribution in [0.4, 0.5) is 0 Å². The van der Waals surface area contributed by atoms with E-state index in [1.54, 1.807) is 0 Å². The van der Waals surface area contributed by atoms with Gasteiger partial charge in [0.1, 0.15) is 5.78 Å². The molecule has 0 heterocycles. The fourth-order valence-electron chi connectivity index (χ4n) is 3.39. The van der Waals surface area contributed by atoms with Crippen LogP contribution in [0.25, 0.3) is 0 Å². The van der Waals surface area contributed by atoms with Crippen molar-refractivity contribution in [2.24, 2.45) is 11.8 Å². The highest BCUT2D eigenvalue weighted by Crippen LogP contribution is 2.55. The second-order valence-electron chi connectivity index (χ2n) is 5.51. The van der Waals surface area contributed by atoms with E-state index in [2.05, 4.69) is 19.6 Å². The molecule has 0 spiro atoms. The molecule has 0 aromatic carbocycles. The summed E-state index contributed by atoms with van der Waals surface area (Å²) in [5, 5.41) is 0. The second kappa shape index (κ2) is 2.44. The average molecular weight is 182 g/mol. The summed E-state index contributed by atoms with van der Waals surface area (Å²) in [4.78, 5) is 11.5. The number of hydrogen-bond acceptors (Lipinski definition) is 1. The Hall–Kier alpha value is -0.113. The van der Waals surface area contributed by atoms with Gasteiger partial charge in [-0.25, -0.2) is 0 Å². The van der Waals surface area contributed by atoms with Crippen LogP contribution in [0.3, 0.4) is 0 Å². The topological polar surface area (TPSA) is 17.1 Å². The quantitative estimate of drug-likeness (QED) is 0.570. The van der Waals surface area contributed by atoms with E-state index in [0.717, 1.165) is 17.9 Å². The third-order valence-corrected chi connectivity index (χ3v) is 6.54. The molecule has 68 valence electrons. The van der Waals surface area contributed by atoms with E-state index in [-0.39, 0.29) is 0 Å². The summed E-state index contributed by atoms with van der Waals surface area (Å²) in [7, 11) is -1.05. The minimum absolute atomic E-state index is 0.488. The molecule has 0 radical (unpaired) electrons. The molecule has 2 heteroatoms. The molecule has 0 saturated heterocycles. The standard InChI is InChI=1S/C10H18OSi/c1-12(2,3)10-7-4-5-8(10)9(11)6-7/h7-8,10H,4-6H2,1-3H3/t7-,8-,10+/m0/s1. The molecule has 2 aliphatic carbocycles. The number of fused-ring (bicyclic) bond motifs is 2. The summed E-state index contributed by atoms with van der Waals surface area (Å²) >= 11 is 0. The van der Waals surface area contributed by atoms with E-state index in [4.69, 9.17) is 0 Å². The zero-order valence-corrected chi connectivity index (χ0v) is 9.26. The molecule has 12 heavy (non-hydrogen) atoms. The minimum atomic E-state index is -1.05. The molecule has 0 amide bonds. The summed E-state index contributed by atoms with van der Waals surface area (Å²) < 4.78 is 0. The van der Waals surface area contributed by atoms with Crippen molar-refractivity contribution in [3.05, 3.63) is 0 Å². The largest absolute Gasteiger partial charge is 0.299 e. The predicted octanol–water partition coefficient (Wildman–Crippen LogP) is 2.69. The predicted molar refractivity (Wildman–Crippen MR) is 52.9 cm³/mol. The van der Waals surface area contributed by atoms with Gasteiger partial charge in [0.05, 0.1) is 0 Å². The van der Waals surface area contributed by atoms with Crippen LogP contribution in [-0.2, 0) is 4.79 Å². The Morgan fingerprint density at radius 1 is 1.25 bits per heavy atom. The SMILES string of the molecule is C[Si](C)(C)[C@@H]1[C@H]2CC[C@H]1C(=O)C2. The normalized spacial score (nSPS) is 40.9. The number of carbonyl (C=O) groups excluding carboxylic acids is 1. The van der Waals surface area contributed by atoms with Gasteiger partial charge in [-0.1, -0.05) is 19.6 Å². The van der Waals surface area contributed by atoms with Gasteiger partial charge < -0.3 is 0 Å². The molecular weight excluding hydrogens is 164 g/mol. The summed E-state index contributed by atoms with van der Waals surface area (Å²) in [6.07, 6.45) is 3.46. The van der Waals surface area contributed by atoms with Crippen molar-refractivity contribution in [3.8, 4) is 0 Å². The summed E-state index contributed by atoms with van der Waals surface area (Å²) in [5.74, 6) is 1.86. The van der Waals surface area contributed by atoms with Crippen LogP contribution < -0.4 is 0 Å². The van der Waals surface area contributed by atoms with E-state index >= 15 is 0 Å². The Labute approximate surface area is 75.6 Å². The molecule has 0 unspecified atom stereocenters. The highest BCUT2D eigenvalue weighted by Gasteiger charge is 2.52. The van der Waals surface area contributed by atoms with Crippen molar-refractivity contribution >= 4 is 13.9 Å². The van der Waals surface area contributed by atoms with Crippen molar-refractivity contribution in [2.45, 2.75) is 44.4 Å². The number of Topliss-reactive ketones (excluding diaryl/α,β-unsaturated/α-hetero) is 1. The molecule has 3 atom stereocenters. The second-order valence-corrected chi connectivity index (χ2v) is 10.9. The van der Waals surface area contributed by atoms with Crippen LogP contribution in [-0.4, -0.2) is 13.9 Å². The van der Waals surface area contributed by atoms with Crippen LogP contribution in [0.2, 0.25) is 25.2 Å². The minimum Gasteiger partial charge on any atom is -0.299 e. The Morgan fingerprint density at radius 2 is 1.92 bits per heavy atom. The monoisotopic (exact) mass is 182 g/mol. The fraction of sp³-hybridized carbons (Fsp3) is 0.900. The van der Waals surface area contributed by atoms with E-state index in [1.165, 1.54) is 12.8 Å². The third-order valence-electron chi connectivity index (χ3n) is 3.67. The summed E-state index contributed by atoms with van der Waals surface area (Å²) in [6, 6.07) is 0. The van der Waals surface area contributed by atoms with Crippen molar-refractivity contribution in [2.75, 3.05) is 0 Å². The third kappa shape index (κ3) is 1.08. The van der Waals surface area contributed by atoms with Crippen LogP contribution in [0.5, 0.6) is 0 Å². The van der Waals surface area contributed by atoms with E-state index in [0.29, 0.717) is 11.7 Å². The molecule has 2 fully saturated rings. The van der Waals surface area contributed by atoms with Gasteiger partial charge in [0, 0.05) is 20.4 Å². The van der Waals surface area contributed by atoms with E-state index in [1.807, 2.05) is 0 Å². The molecule has 1 nitrogen and oxygen atoms in total. The lowest BCUT2D eigenvalue weighted by Gasteiger charge is -2.28. The first-order chi connectivity index (χ1) is 5.50. The van der Waals surface area contributed by atoms with Gasteiger partial charge in [0.15, 0.2) is 0 Å². The van der Waals surface area contributed by atoms with Gasteiger partial charge in [0.25, 0.3) is 0 Å². The lowest BCUT2D eigenvalue weighted by atomic mass is 10.00. The van der Waals surface area contributed by atoms with Crippen molar-refractivity contribution in [1.29, 1.82) is 0 Å². The first kappa shape index (κ1) is 8.48. The molecule has 0 aliphatic heterocycles. The molecule has 2 saturated carbocycles. The van der Waals surface area contributed by atoms with Crippen LogP contribution in [0.15, 0.2) is 0 Å². The van der Waals surface area contributed by atoms with Crippen molar-refractivity contribution < 1.29 is 4.79 Å². The number of carbonyl (C=O) groups is 1. The van der Waals surface area contributed by atoms with Crippen LogP contribution in [0.1, 0.15) is 19.3 Å². The maximum absolute atomic E-state index is 11.5. The van der Waals surface area contributed by atoms with Crippen LogP contribution >= 0.6 is 0 Å². The van der Waals surface area contributed by atoms with Gasteiger partial charge in [-0.15, -0.1) is 0 Å². The molecule has 2 aliphatic rings. The number of ketones is 1. The molecule has 2 bridgehead atoms. The molecule has 0 aromatic rings.